The molecule has 0 bridgehead atoms. The van der Waals surface area contributed by atoms with E-state index in [1.54, 1.807) is 0 Å². The lowest BCUT2D eigenvalue weighted by Crippen LogP contribution is -2.46. The Morgan fingerprint density at radius 2 is 1.57 bits per heavy atom. The first-order chi connectivity index (χ1) is 14.5. The molecular formula is C25H27N3O2. The van der Waals surface area contributed by atoms with Crippen LogP contribution in [0, 0.1) is 0 Å². The topological polar surface area (TPSA) is 52.7 Å². The zero-order valence-electron chi connectivity index (χ0n) is 17.5. The number of anilines is 1. The molecule has 154 valence electrons. The summed E-state index contributed by atoms with van der Waals surface area (Å²) in [6.07, 6.45) is 1.52. The molecule has 0 saturated carbocycles. The third-order valence-electron chi connectivity index (χ3n) is 5.78. The van der Waals surface area contributed by atoms with Gasteiger partial charge >= 0.3 is 0 Å². The van der Waals surface area contributed by atoms with E-state index in [4.69, 9.17) is 0 Å². The number of rotatable bonds is 4. The third kappa shape index (κ3) is 4.15. The van der Waals surface area contributed by atoms with Crippen LogP contribution < -0.4 is 10.2 Å². The SMILES string of the molecule is CN(C)c1ccc(C(=O)NC2CCN(C(=O)c3cccc4ccccc34)CC2)cc1. The maximum Gasteiger partial charge on any atom is 0.254 e. The Labute approximate surface area is 177 Å². The molecule has 0 radical (unpaired) electrons. The van der Waals surface area contributed by atoms with Gasteiger partial charge in [0.15, 0.2) is 0 Å². The van der Waals surface area contributed by atoms with Crippen molar-refractivity contribution in [3.05, 3.63) is 77.9 Å². The summed E-state index contributed by atoms with van der Waals surface area (Å²) in [5.74, 6) is 0.00925. The molecule has 5 heteroatoms. The molecule has 0 unspecified atom stereocenters. The highest BCUT2D eigenvalue weighted by Crippen LogP contribution is 2.22. The van der Waals surface area contributed by atoms with Gasteiger partial charge < -0.3 is 15.1 Å². The highest BCUT2D eigenvalue weighted by molar-refractivity contribution is 6.07. The Balaban J connectivity index is 1.36. The molecule has 30 heavy (non-hydrogen) atoms. The Morgan fingerprint density at radius 3 is 2.27 bits per heavy atom. The lowest BCUT2D eigenvalue weighted by molar-refractivity contribution is 0.0700. The van der Waals surface area contributed by atoms with Crippen LogP contribution in [0.25, 0.3) is 10.8 Å². The number of likely N-dealkylation sites (tertiary alicyclic amines) is 1. The summed E-state index contributed by atoms with van der Waals surface area (Å²) in [4.78, 5) is 29.6. The van der Waals surface area contributed by atoms with E-state index in [9.17, 15) is 9.59 Å². The minimum absolute atomic E-state index is 0.0564. The molecule has 0 aromatic heterocycles. The van der Waals surface area contributed by atoms with Crippen LogP contribution in [0.3, 0.4) is 0 Å². The van der Waals surface area contributed by atoms with Crippen molar-refractivity contribution in [3.63, 3.8) is 0 Å². The summed E-state index contributed by atoms with van der Waals surface area (Å²) in [5.41, 5.74) is 2.47. The van der Waals surface area contributed by atoms with Gasteiger partial charge in [0, 0.05) is 50.0 Å². The predicted molar refractivity (Wildman–Crippen MR) is 121 cm³/mol. The van der Waals surface area contributed by atoms with Gasteiger partial charge in [-0.15, -0.1) is 0 Å². The van der Waals surface area contributed by atoms with Gasteiger partial charge in [0.05, 0.1) is 0 Å². The van der Waals surface area contributed by atoms with Crippen LogP contribution in [0.1, 0.15) is 33.6 Å². The molecule has 0 atom stereocenters. The van der Waals surface area contributed by atoms with Crippen molar-refractivity contribution in [2.45, 2.75) is 18.9 Å². The van der Waals surface area contributed by atoms with Gasteiger partial charge in [0.25, 0.3) is 11.8 Å². The first kappa shape index (κ1) is 20.0. The zero-order chi connectivity index (χ0) is 21.1. The summed E-state index contributed by atoms with van der Waals surface area (Å²) >= 11 is 0. The van der Waals surface area contributed by atoms with E-state index in [1.165, 1.54) is 0 Å². The normalized spacial score (nSPS) is 14.5. The molecule has 3 aromatic rings. The van der Waals surface area contributed by atoms with E-state index >= 15 is 0 Å². The fraction of sp³-hybridized carbons (Fsp3) is 0.280. The summed E-state index contributed by atoms with van der Waals surface area (Å²) in [5, 5.41) is 5.18. The fourth-order valence-electron chi connectivity index (χ4n) is 3.99. The second-order valence-corrected chi connectivity index (χ2v) is 8.01. The number of nitrogens with zero attached hydrogens (tertiary/aromatic N) is 2. The van der Waals surface area contributed by atoms with Gasteiger partial charge in [-0.3, -0.25) is 9.59 Å². The summed E-state index contributed by atoms with van der Waals surface area (Å²) < 4.78 is 0. The lowest BCUT2D eigenvalue weighted by atomic mass is 10.0. The smallest absolute Gasteiger partial charge is 0.254 e. The number of piperidine rings is 1. The Bertz CT molecular complexity index is 1050. The van der Waals surface area contributed by atoms with Crippen molar-refractivity contribution < 1.29 is 9.59 Å². The number of carbonyl (C=O) groups excluding carboxylic acids is 2. The molecule has 1 fully saturated rings. The maximum atomic E-state index is 13.1. The van der Waals surface area contributed by atoms with E-state index in [2.05, 4.69) is 5.32 Å². The average molecular weight is 402 g/mol. The summed E-state index contributed by atoms with van der Waals surface area (Å²) in [7, 11) is 3.95. The Hall–Kier alpha value is -3.34. The molecule has 0 aliphatic carbocycles. The van der Waals surface area contributed by atoms with Gasteiger partial charge in [0.2, 0.25) is 0 Å². The van der Waals surface area contributed by atoms with Gasteiger partial charge in [-0.1, -0.05) is 36.4 Å². The quantitative estimate of drug-likeness (QED) is 0.720. The molecule has 1 saturated heterocycles. The van der Waals surface area contributed by atoms with E-state index < -0.39 is 0 Å². The molecular weight excluding hydrogens is 374 g/mol. The van der Waals surface area contributed by atoms with Gasteiger partial charge in [-0.25, -0.2) is 0 Å². The minimum Gasteiger partial charge on any atom is -0.378 e. The third-order valence-corrected chi connectivity index (χ3v) is 5.78. The molecule has 0 spiro atoms. The number of nitrogens with one attached hydrogen (secondary N) is 1. The predicted octanol–water partition coefficient (Wildman–Crippen LogP) is 3.94. The first-order valence-corrected chi connectivity index (χ1v) is 10.4. The van der Waals surface area contributed by atoms with Crippen molar-refractivity contribution in [1.29, 1.82) is 0 Å². The molecule has 1 aliphatic rings. The molecule has 2 amide bonds. The fourth-order valence-corrected chi connectivity index (χ4v) is 3.99. The Kier molecular flexibility index (Phi) is 5.70. The van der Waals surface area contributed by atoms with E-state index in [1.807, 2.05) is 90.6 Å². The lowest BCUT2D eigenvalue weighted by Gasteiger charge is -2.32. The van der Waals surface area contributed by atoms with Gasteiger partial charge in [0.1, 0.15) is 0 Å². The summed E-state index contributed by atoms with van der Waals surface area (Å²) in [6.45, 7) is 1.29. The van der Waals surface area contributed by atoms with Crippen LogP contribution in [-0.2, 0) is 0 Å². The number of benzene rings is 3. The number of fused-ring (bicyclic) bond motifs is 1. The average Bonchev–Trinajstić information content (AvgIpc) is 2.78. The number of carbonyl (C=O) groups is 2. The number of hydrogen-bond donors (Lipinski definition) is 1. The van der Waals surface area contributed by atoms with Crippen molar-refractivity contribution in [1.82, 2.24) is 10.2 Å². The van der Waals surface area contributed by atoms with Gasteiger partial charge in [-0.2, -0.15) is 0 Å². The van der Waals surface area contributed by atoms with Crippen molar-refractivity contribution in [2.24, 2.45) is 0 Å². The molecule has 3 aromatic carbocycles. The molecule has 1 N–H and O–H groups in total. The summed E-state index contributed by atoms with van der Waals surface area (Å²) in [6, 6.07) is 21.5. The van der Waals surface area contributed by atoms with Crippen molar-refractivity contribution in [2.75, 3.05) is 32.1 Å². The first-order valence-electron chi connectivity index (χ1n) is 10.4. The van der Waals surface area contributed by atoms with Crippen LogP contribution in [0.4, 0.5) is 5.69 Å². The second-order valence-electron chi connectivity index (χ2n) is 8.01. The maximum absolute atomic E-state index is 13.1. The standard InChI is InChI=1S/C25H27N3O2/c1-27(2)21-12-10-19(11-13-21)24(29)26-20-14-16-28(17-15-20)25(30)23-9-5-7-18-6-3-4-8-22(18)23/h3-13,20H,14-17H2,1-2H3,(H,26,29). The van der Waals surface area contributed by atoms with Gasteiger partial charge in [-0.05, 0) is 53.9 Å². The van der Waals surface area contributed by atoms with Crippen LogP contribution in [0.15, 0.2) is 66.7 Å². The number of amides is 2. The van der Waals surface area contributed by atoms with Crippen molar-refractivity contribution in [3.8, 4) is 0 Å². The Morgan fingerprint density at radius 1 is 0.900 bits per heavy atom. The minimum atomic E-state index is -0.0564. The monoisotopic (exact) mass is 401 g/mol. The van der Waals surface area contributed by atoms with Crippen LogP contribution >= 0.6 is 0 Å². The molecule has 5 nitrogen and oxygen atoms in total. The highest BCUT2D eigenvalue weighted by atomic mass is 16.2. The molecule has 1 heterocycles. The largest absolute Gasteiger partial charge is 0.378 e. The highest BCUT2D eigenvalue weighted by Gasteiger charge is 2.25. The van der Waals surface area contributed by atoms with Crippen LogP contribution in [0.2, 0.25) is 0 Å². The van der Waals surface area contributed by atoms with Crippen molar-refractivity contribution >= 4 is 28.3 Å². The second kappa shape index (κ2) is 8.57. The van der Waals surface area contributed by atoms with E-state index in [-0.39, 0.29) is 17.9 Å². The molecule has 1 aliphatic heterocycles. The van der Waals surface area contributed by atoms with E-state index in [0.29, 0.717) is 18.7 Å². The molecule has 4 rings (SSSR count). The van der Waals surface area contributed by atoms with Crippen LogP contribution in [-0.4, -0.2) is 49.9 Å². The number of hydrogen-bond acceptors (Lipinski definition) is 3. The zero-order valence-corrected chi connectivity index (χ0v) is 17.5. The van der Waals surface area contributed by atoms with E-state index in [0.717, 1.165) is 34.9 Å². The van der Waals surface area contributed by atoms with Crippen LogP contribution in [0.5, 0.6) is 0 Å².